The molecule has 1 aromatic rings. The molecule has 0 radical (unpaired) electrons. The van der Waals surface area contributed by atoms with Crippen LogP contribution in [0.15, 0.2) is 18.2 Å². The summed E-state index contributed by atoms with van der Waals surface area (Å²) in [6.45, 7) is 0.188. The van der Waals surface area contributed by atoms with E-state index in [-0.39, 0.29) is 12.2 Å². The second-order valence-corrected chi connectivity index (χ2v) is 2.37. The number of carbonyl (C=O) groups excluding carboxylic acids is 1. The van der Waals surface area contributed by atoms with Crippen LogP contribution < -0.4 is 0 Å². The number of carbonyl (C=O) groups is 1. The zero-order valence-corrected chi connectivity index (χ0v) is 6.71. The van der Waals surface area contributed by atoms with Crippen molar-refractivity contribution in [3.05, 3.63) is 35.1 Å². The van der Waals surface area contributed by atoms with E-state index in [0.29, 0.717) is 11.8 Å². The summed E-state index contributed by atoms with van der Waals surface area (Å²) in [7, 11) is 1.48. The van der Waals surface area contributed by atoms with Crippen LogP contribution in [0.25, 0.3) is 0 Å². The van der Waals surface area contributed by atoms with Crippen molar-refractivity contribution in [3.63, 3.8) is 0 Å². The van der Waals surface area contributed by atoms with Crippen molar-refractivity contribution in [1.29, 1.82) is 0 Å². The minimum Gasteiger partial charge on any atom is -0.380 e. The molecule has 0 amide bonds. The fourth-order valence-electron chi connectivity index (χ4n) is 0.958. The lowest BCUT2D eigenvalue weighted by Crippen LogP contribution is -1.96. The van der Waals surface area contributed by atoms with Gasteiger partial charge in [0.1, 0.15) is 5.82 Å². The van der Waals surface area contributed by atoms with Crippen LogP contribution in [-0.4, -0.2) is 13.4 Å². The third-order valence-electron chi connectivity index (χ3n) is 1.54. The Morgan fingerprint density at radius 2 is 2.33 bits per heavy atom. The number of hydrogen-bond acceptors (Lipinski definition) is 2. The summed E-state index contributed by atoms with van der Waals surface area (Å²) in [5.74, 6) is -0.491. The molecule has 0 fully saturated rings. The fourth-order valence-corrected chi connectivity index (χ4v) is 0.958. The summed E-state index contributed by atoms with van der Waals surface area (Å²) >= 11 is 0. The Labute approximate surface area is 70.0 Å². The maximum Gasteiger partial charge on any atom is 0.153 e. The van der Waals surface area contributed by atoms with Crippen LogP contribution in [-0.2, 0) is 11.3 Å². The molecule has 0 aliphatic rings. The van der Waals surface area contributed by atoms with Crippen molar-refractivity contribution in [2.45, 2.75) is 6.61 Å². The average Bonchev–Trinajstić information content (AvgIpc) is 2.09. The Morgan fingerprint density at radius 3 is 2.92 bits per heavy atom. The van der Waals surface area contributed by atoms with E-state index in [1.54, 1.807) is 12.1 Å². The molecule has 3 heteroatoms. The standard InChI is InChI=1S/C9H9FO2/c1-12-6-8-4-2-3-7(5-11)9(8)10/h2-5H,6H2,1H3. The summed E-state index contributed by atoms with van der Waals surface area (Å²) < 4.78 is 17.9. The Morgan fingerprint density at radius 1 is 1.58 bits per heavy atom. The summed E-state index contributed by atoms with van der Waals surface area (Å²) in [6.07, 6.45) is 0.495. The molecule has 0 atom stereocenters. The van der Waals surface area contributed by atoms with E-state index in [0.717, 1.165) is 0 Å². The molecule has 0 heterocycles. The van der Waals surface area contributed by atoms with E-state index in [1.165, 1.54) is 13.2 Å². The van der Waals surface area contributed by atoms with E-state index in [9.17, 15) is 9.18 Å². The number of aldehydes is 1. The van der Waals surface area contributed by atoms with Gasteiger partial charge in [0.15, 0.2) is 6.29 Å². The molecule has 12 heavy (non-hydrogen) atoms. The van der Waals surface area contributed by atoms with Crippen LogP contribution in [0.5, 0.6) is 0 Å². The fraction of sp³-hybridized carbons (Fsp3) is 0.222. The Hall–Kier alpha value is -1.22. The normalized spacial score (nSPS) is 9.83. The second-order valence-electron chi connectivity index (χ2n) is 2.37. The highest BCUT2D eigenvalue weighted by molar-refractivity contribution is 5.75. The lowest BCUT2D eigenvalue weighted by atomic mass is 10.1. The molecule has 0 spiro atoms. The van der Waals surface area contributed by atoms with E-state index in [2.05, 4.69) is 0 Å². The van der Waals surface area contributed by atoms with Gasteiger partial charge < -0.3 is 4.74 Å². The number of hydrogen-bond donors (Lipinski definition) is 0. The van der Waals surface area contributed by atoms with E-state index < -0.39 is 5.82 Å². The topological polar surface area (TPSA) is 26.3 Å². The molecule has 0 bridgehead atoms. The van der Waals surface area contributed by atoms with Gasteiger partial charge in [-0.25, -0.2) is 4.39 Å². The highest BCUT2D eigenvalue weighted by Gasteiger charge is 2.05. The first-order valence-corrected chi connectivity index (χ1v) is 3.51. The summed E-state index contributed by atoms with van der Waals surface area (Å²) in [6, 6.07) is 4.65. The van der Waals surface area contributed by atoms with Crippen LogP contribution in [0.2, 0.25) is 0 Å². The number of halogens is 1. The van der Waals surface area contributed by atoms with Gasteiger partial charge >= 0.3 is 0 Å². The van der Waals surface area contributed by atoms with Crippen molar-refractivity contribution in [1.82, 2.24) is 0 Å². The minimum absolute atomic E-state index is 0.0737. The molecule has 1 aromatic carbocycles. The molecular formula is C9H9FO2. The maximum atomic E-state index is 13.1. The van der Waals surface area contributed by atoms with E-state index >= 15 is 0 Å². The second kappa shape index (κ2) is 3.97. The van der Waals surface area contributed by atoms with Gasteiger partial charge in [-0.2, -0.15) is 0 Å². The number of benzene rings is 1. The van der Waals surface area contributed by atoms with Gasteiger partial charge in [0, 0.05) is 12.7 Å². The van der Waals surface area contributed by atoms with Crippen molar-refractivity contribution < 1.29 is 13.9 Å². The molecule has 0 aliphatic heterocycles. The molecule has 2 nitrogen and oxygen atoms in total. The van der Waals surface area contributed by atoms with E-state index in [1.807, 2.05) is 0 Å². The predicted molar refractivity (Wildman–Crippen MR) is 42.5 cm³/mol. The van der Waals surface area contributed by atoms with Gasteiger partial charge in [0.2, 0.25) is 0 Å². The summed E-state index contributed by atoms with van der Waals surface area (Å²) in [5, 5.41) is 0. The van der Waals surface area contributed by atoms with Crippen LogP contribution >= 0.6 is 0 Å². The third kappa shape index (κ3) is 1.68. The van der Waals surface area contributed by atoms with Gasteiger partial charge in [-0.3, -0.25) is 4.79 Å². The third-order valence-corrected chi connectivity index (χ3v) is 1.54. The molecule has 64 valence electrons. The lowest BCUT2D eigenvalue weighted by molar-refractivity contribution is 0.111. The van der Waals surface area contributed by atoms with Crippen molar-refractivity contribution in [2.24, 2.45) is 0 Å². The van der Waals surface area contributed by atoms with Crippen molar-refractivity contribution in [2.75, 3.05) is 7.11 Å². The van der Waals surface area contributed by atoms with Crippen LogP contribution in [0.3, 0.4) is 0 Å². The monoisotopic (exact) mass is 168 g/mol. The van der Waals surface area contributed by atoms with Gasteiger partial charge in [-0.15, -0.1) is 0 Å². The smallest absolute Gasteiger partial charge is 0.153 e. The average molecular weight is 168 g/mol. The van der Waals surface area contributed by atoms with Crippen LogP contribution in [0, 0.1) is 5.82 Å². The number of rotatable bonds is 3. The van der Waals surface area contributed by atoms with Gasteiger partial charge in [-0.05, 0) is 6.07 Å². The zero-order chi connectivity index (χ0) is 8.97. The Kier molecular flexibility index (Phi) is 2.94. The summed E-state index contributed by atoms with van der Waals surface area (Å²) in [4.78, 5) is 10.3. The van der Waals surface area contributed by atoms with Crippen molar-refractivity contribution in [3.8, 4) is 0 Å². The van der Waals surface area contributed by atoms with Gasteiger partial charge in [0.05, 0.1) is 12.2 Å². The Bertz CT molecular complexity index is 284. The highest BCUT2D eigenvalue weighted by Crippen LogP contribution is 2.11. The lowest BCUT2D eigenvalue weighted by Gasteiger charge is -2.02. The first kappa shape index (κ1) is 8.87. The highest BCUT2D eigenvalue weighted by atomic mass is 19.1. The molecule has 0 unspecified atom stereocenters. The van der Waals surface area contributed by atoms with E-state index in [4.69, 9.17) is 4.74 Å². The zero-order valence-electron chi connectivity index (χ0n) is 6.71. The molecule has 1 rings (SSSR count). The Balaban J connectivity index is 3.04. The first-order valence-electron chi connectivity index (χ1n) is 3.51. The molecule has 0 saturated heterocycles. The minimum atomic E-state index is -0.491. The van der Waals surface area contributed by atoms with Gasteiger partial charge in [-0.1, -0.05) is 12.1 Å². The molecule has 0 saturated carbocycles. The van der Waals surface area contributed by atoms with Crippen LogP contribution in [0.4, 0.5) is 4.39 Å². The molecule has 0 aliphatic carbocycles. The molecular weight excluding hydrogens is 159 g/mol. The molecule has 0 N–H and O–H groups in total. The number of ether oxygens (including phenoxy) is 1. The predicted octanol–water partition coefficient (Wildman–Crippen LogP) is 1.78. The number of methoxy groups -OCH3 is 1. The summed E-state index contributed by atoms with van der Waals surface area (Å²) in [5.41, 5.74) is 0.478. The molecule has 0 aromatic heterocycles. The van der Waals surface area contributed by atoms with Gasteiger partial charge in [0.25, 0.3) is 0 Å². The SMILES string of the molecule is COCc1cccc(C=O)c1F. The van der Waals surface area contributed by atoms with Crippen LogP contribution in [0.1, 0.15) is 15.9 Å². The maximum absolute atomic E-state index is 13.1. The quantitative estimate of drug-likeness (QED) is 0.643. The largest absolute Gasteiger partial charge is 0.380 e. The first-order chi connectivity index (χ1) is 5.79. The van der Waals surface area contributed by atoms with Crippen molar-refractivity contribution >= 4 is 6.29 Å².